The summed E-state index contributed by atoms with van der Waals surface area (Å²) in [5.74, 6) is -0.254. The highest BCUT2D eigenvalue weighted by molar-refractivity contribution is 6.74. The number of likely N-dealkylation sites (N-methyl/N-ethyl adjacent to an activating group) is 2. The first-order chi connectivity index (χ1) is 13.4. The topological polar surface area (TPSA) is 42.0 Å². The fourth-order valence-electron chi connectivity index (χ4n) is 2.72. The van der Waals surface area contributed by atoms with Gasteiger partial charge >= 0.3 is 5.97 Å². The zero-order valence-electron chi connectivity index (χ0n) is 19.8. The Morgan fingerprint density at radius 3 is 2.24 bits per heavy atom. The summed E-state index contributed by atoms with van der Waals surface area (Å²) in [6, 6.07) is 9.16. The summed E-state index contributed by atoms with van der Waals surface area (Å²) in [5.41, 5.74) is 0.602. The van der Waals surface area contributed by atoms with Crippen LogP contribution in [0.5, 0.6) is 0 Å². The smallest absolute Gasteiger partial charge is 0.338 e. The molecule has 1 unspecified atom stereocenters. The minimum Gasteiger partial charge on any atom is -0.462 e. The Hall–Kier alpha value is -1.21. The van der Waals surface area contributed by atoms with Crippen molar-refractivity contribution in [3.05, 3.63) is 35.9 Å². The van der Waals surface area contributed by atoms with E-state index in [0.717, 1.165) is 32.5 Å². The van der Waals surface area contributed by atoms with Crippen LogP contribution in [0.3, 0.4) is 0 Å². The van der Waals surface area contributed by atoms with Crippen LogP contribution in [-0.2, 0) is 9.16 Å². The highest BCUT2D eigenvalue weighted by Gasteiger charge is 2.39. The number of carbonyl (C=O) groups is 1. The fraction of sp³-hybridized carbons (Fsp3) is 0.696. The van der Waals surface area contributed by atoms with Crippen LogP contribution in [0.4, 0.5) is 0 Å². The number of ether oxygens (including phenoxy) is 1. The maximum atomic E-state index is 12.1. The molecule has 6 heteroatoms. The van der Waals surface area contributed by atoms with Gasteiger partial charge in [0, 0.05) is 19.6 Å². The number of carbonyl (C=O) groups excluding carboxylic acids is 1. The number of hydrogen-bond donors (Lipinski definition) is 0. The number of esters is 1. The first-order valence-corrected chi connectivity index (χ1v) is 13.6. The zero-order valence-corrected chi connectivity index (χ0v) is 20.8. The Bertz CT molecular complexity index is 600. The van der Waals surface area contributed by atoms with Crippen molar-refractivity contribution in [2.45, 2.75) is 57.8 Å². The number of hydrogen-bond acceptors (Lipinski definition) is 5. The van der Waals surface area contributed by atoms with E-state index in [9.17, 15) is 4.79 Å². The van der Waals surface area contributed by atoms with E-state index in [1.165, 1.54) is 0 Å². The quantitative estimate of drug-likeness (QED) is 0.282. The van der Waals surface area contributed by atoms with Crippen LogP contribution in [0, 0.1) is 0 Å². The van der Waals surface area contributed by atoms with Crippen molar-refractivity contribution in [1.29, 1.82) is 0 Å². The van der Waals surface area contributed by atoms with Crippen LogP contribution in [0.15, 0.2) is 30.3 Å². The largest absolute Gasteiger partial charge is 0.462 e. The minimum atomic E-state index is -1.86. The lowest BCUT2D eigenvalue weighted by molar-refractivity contribution is 0.0470. The van der Waals surface area contributed by atoms with Crippen LogP contribution in [0.25, 0.3) is 0 Å². The Labute approximate surface area is 179 Å². The molecule has 0 radical (unpaired) electrons. The van der Waals surface area contributed by atoms with Crippen LogP contribution in [-0.4, -0.2) is 77.6 Å². The van der Waals surface area contributed by atoms with Crippen LogP contribution >= 0.6 is 0 Å². The second kappa shape index (κ2) is 11.8. The molecule has 0 saturated carbocycles. The lowest BCUT2D eigenvalue weighted by atomic mass is 10.2. The molecule has 0 aliphatic rings. The summed E-state index contributed by atoms with van der Waals surface area (Å²) >= 11 is 0. The minimum absolute atomic E-state index is 0.151. The molecule has 1 atom stereocenters. The molecule has 5 nitrogen and oxygen atoms in total. The highest BCUT2D eigenvalue weighted by Crippen LogP contribution is 2.37. The summed E-state index contributed by atoms with van der Waals surface area (Å²) in [6.45, 7) is 14.8. The average Bonchev–Trinajstić information content (AvgIpc) is 2.62. The van der Waals surface area contributed by atoms with Gasteiger partial charge in [0.15, 0.2) is 8.32 Å². The van der Waals surface area contributed by atoms with E-state index in [1.54, 1.807) is 12.1 Å². The van der Waals surface area contributed by atoms with Gasteiger partial charge in [-0.05, 0) is 64.2 Å². The lowest BCUT2D eigenvalue weighted by Crippen LogP contribution is -2.47. The van der Waals surface area contributed by atoms with Crippen molar-refractivity contribution in [1.82, 2.24) is 9.80 Å². The highest BCUT2D eigenvalue weighted by atomic mass is 28.4. The molecule has 0 aromatic heterocycles. The maximum absolute atomic E-state index is 12.1. The molecular weight excluding hydrogens is 380 g/mol. The van der Waals surface area contributed by atoms with Gasteiger partial charge in [-0.25, -0.2) is 4.79 Å². The molecular formula is C23H42N2O3Si. The fourth-order valence-corrected chi connectivity index (χ4v) is 4.10. The molecule has 1 rings (SSSR count). The summed E-state index contributed by atoms with van der Waals surface area (Å²) in [5, 5.41) is 0.174. The predicted octanol–water partition coefficient (Wildman–Crippen LogP) is 4.51. The van der Waals surface area contributed by atoms with Crippen molar-refractivity contribution in [2.24, 2.45) is 0 Å². The summed E-state index contributed by atoms with van der Waals surface area (Å²) in [7, 11) is 4.49. The van der Waals surface area contributed by atoms with Crippen molar-refractivity contribution in [2.75, 3.05) is 47.4 Å². The van der Waals surface area contributed by atoms with Crippen molar-refractivity contribution < 1.29 is 14.0 Å². The SMILES string of the molecule is CN(C)CCN(C)CC(CCCOC(=O)c1ccccc1)O[Si](C)(C)C(C)(C)C. The Balaban J connectivity index is 2.59. The zero-order chi connectivity index (χ0) is 22.1. The van der Waals surface area contributed by atoms with E-state index < -0.39 is 8.32 Å². The molecule has 166 valence electrons. The first kappa shape index (κ1) is 25.8. The molecule has 1 aromatic rings. The Morgan fingerprint density at radius 1 is 1.07 bits per heavy atom. The number of nitrogens with zero attached hydrogens (tertiary/aromatic N) is 2. The van der Waals surface area contributed by atoms with E-state index in [0.29, 0.717) is 12.2 Å². The molecule has 0 N–H and O–H groups in total. The second-order valence-corrected chi connectivity index (χ2v) is 14.5. The van der Waals surface area contributed by atoms with Gasteiger partial charge in [-0.1, -0.05) is 39.0 Å². The van der Waals surface area contributed by atoms with Crippen LogP contribution < -0.4 is 0 Å². The van der Waals surface area contributed by atoms with Gasteiger partial charge in [-0.2, -0.15) is 0 Å². The standard InChI is InChI=1S/C23H42N2O3Si/c1-23(2,3)29(7,8)28-21(19-25(6)17-16-24(4)5)15-12-18-27-22(26)20-13-10-9-11-14-20/h9-11,13-14,21H,12,15-19H2,1-8H3. The molecule has 0 bridgehead atoms. The molecule has 0 heterocycles. The average molecular weight is 423 g/mol. The second-order valence-electron chi connectivity index (χ2n) is 9.71. The maximum Gasteiger partial charge on any atom is 0.338 e. The van der Waals surface area contributed by atoms with Crippen LogP contribution in [0.2, 0.25) is 18.1 Å². The number of benzene rings is 1. The van der Waals surface area contributed by atoms with E-state index in [1.807, 2.05) is 18.2 Å². The van der Waals surface area contributed by atoms with Gasteiger partial charge in [-0.15, -0.1) is 0 Å². The predicted molar refractivity (Wildman–Crippen MR) is 124 cm³/mol. The van der Waals surface area contributed by atoms with E-state index >= 15 is 0 Å². The molecule has 1 aromatic carbocycles. The van der Waals surface area contributed by atoms with E-state index in [-0.39, 0.29) is 17.1 Å². The third-order valence-corrected chi connectivity index (χ3v) is 10.2. The Kier molecular flexibility index (Phi) is 10.5. The molecule has 0 aliphatic carbocycles. The molecule has 0 saturated heterocycles. The molecule has 0 fully saturated rings. The normalized spacial score (nSPS) is 13.7. The van der Waals surface area contributed by atoms with Crippen molar-refractivity contribution in [3.8, 4) is 0 Å². The van der Waals surface area contributed by atoms with Gasteiger partial charge in [0.1, 0.15) is 0 Å². The molecule has 0 spiro atoms. The Morgan fingerprint density at radius 2 is 1.69 bits per heavy atom. The first-order valence-electron chi connectivity index (χ1n) is 10.7. The third kappa shape index (κ3) is 9.89. The molecule has 0 aliphatic heterocycles. The van der Waals surface area contributed by atoms with E-state index in [2.05, 4.69) is 64.8 Å². The molecule has 29 heavy (non-hydrogen) atoms. The summed E-state index contributed by atoms with van der Waals surface area (Å²) in [6.07, 6.45) is 1.85. The summed E-state index contributed by atoms with van der Waals surface area (Å²) < 4.78 is 12.2. The van der Waals surface area contributed by atoms with Gasteiger partial charge in [0.2, 0.25) is 0 Å². The third-order valence-electron chi connectivity index (χ3n) is 5.62. The monoisotopic (exact) mass is 422 g/mol. The van der Waals surface area contributed by atoms with Crippen LogP contribution in [0.1, 0.15) is 44.0 Å². The summed E-state index contributed by atoms with van der Waals surface area (Å²) in [4.78, 5) is 16.7. The van der Waals surface area contributed by atoms with E-state index in [4.69, 9.17) is 9.16 Å². The van der Waals surface area contributed by atoms with Gasteiger partial charge < -0.3 is 19.0 Å². The molecule has 0 amide bonds. The van der Waals surface area contributed by atoms with Crippen molar-refractivity contribution in [3.63, 3.8) is 0 Å². The van der Waals surface area contributed by atoms with Gasteiger partial charge in [0.25, 0.3) is 0 Å². The van der Waals surface area contributed by atoms with Gasteiger partial charge in [0.05, 0.1) is 18.3 Å². The number of rotatable bonds is 12. The van der Waals surface area contributed by atoms with Crippen molar-refractivity contribution >= 4 is 14.3 Å². The van der Waals surface area contributed by atoms with Gasteiger partial charge in [-0.3, -0.25) is 0 Å². The lowest BCUT2D eigenvalue weighted by Gasteiger charge is -2.40.